The molecule has 0 aromatic heterocycles. The van der Waals surface area contributed by atoms with Gasteiger partial charge >= 0.3 is 0 Å². The van der Waals surface area contributed by atoms with Crippen molar-refractivity contribution in [2.24, 2.45) is 0 Å². The summed E-state index contributed by atoms with van der Waals surface area (Å²) in [6.45, 7) is 0.652. The van der Waals surface area contributed by atoms with Gasteiger partial charge in [0, 0.05) is 7.11 Å². The van der Waals surface area contributed by atoms with Crippen LogP contribution < -0.4 is 0 Å². The first-order valence-electron chi connectivity index (χ1n) is 6.55. The predicted octanol–water partition coefficient (Wildman–Crippen LogP) is 3.51. The van der Waals surface area contributed by atoms with Gasteiger partial charge in [0.1, 0.15) is 0 Å². The molecule has 2 unspecified atom stereocenters. The Hall–Kier alpha value is 0.210. The van der Waals surface area contributed by atoms with E-state index < -0.39 is 0 Å². The molecule has 0 aromatic carbocycles. The third kappa shape index (κ3) is 3.12. The highest BCUT2D eigenvalue weighted by atomic mass is 35.5. The minimum atomic E-state index is 0.147. The summed E-state index contributed by atoms with van der Waals surface area (Å²) in [6.07, 6.45) is 10.3. The Morgan fingerprint density at radius 3 is 2.81 bits per heavy atom. The van der Waals surface area contributed by atoms with Crippen LogP contribution in [0.15, 0.2) is 0 Å². The quantitative estimate of drug-likeness (QED) is 0.692. The third-order valence-electron chi connectivity index (χ3n) is 4.00. The van der Waals surface area contributed by atoms with Gasteiger partial charge in [0.05, 0.1) is 23.7 Å². The molecule has 1 saturated carbocycles. The minimum Gasteiger partial charge on any atom is -0.383 e. The average Bonchev–Trinajstić information content (AvgIpc) is 2.88. The number of methoxy groups -OCH3 is 1. The first-order valence-corrected chi connectivity index (χ1v) is 6.99. The molecule has 1 heterocycles. The SMILES string of the molecule is COCC(Cl)CCC1CCC2(CCCC2)O1. The van der Waals surface area contributed by atoms with E-state index in [1.165, 1.54) is 38.5 Å². The predicted molar refractivity (Wildman–Crippen MR) is 66.1 cm³/mol. The van der Waals surface area contributed by atoms with Crippen molar-refractivity contribution in [3.05, 3.63) is 0 Å². The summed E-state index contributed by atoms with van der Waals surface area (Å²) in [6, 6.07) is 0. The van der Waals surface area contributed by atoms with Gasteiger partial charge in [-0.1, -0.05) is 12.8 Å². The second kappa shape index (κ2) is 5.70. The summed E-state index contributed by atoms with van der Waals surface area (Å²) in [5.41, 5.74) is 0.272. The van der Waals surface area contributed by atoms with Crippen molar-refractivity contribution in [2.75, 3.05) is 13.7 Å². The van der Waals surface area contributed by atoms with Crippen LogP contribution >= 0.6 is 11.6 Å². The molecule has 0 aromatic rings. The van der Waals surface area contributed by atoms with Crippen LogP contribution in [0.4, 0.5) is 0 Å². The summed E-state index contributed by atoms with van der Waals surface area (Å²) < 4.78 is 11.3. The maximum absolute atomic E-state index is 6.24. The van der Waals surface area contributed by atoms with Crippen LogP contribution in [0.25, 0.3) is 0 Å². The number of hydrogen-bond donors (Lipinski definition) is 0. The molecule has 1 saturated heterocycles. The Kier molecular flexibility index (Phi) is 4.51. The zero-order valence-electron chi connectivity index (χ0n) is 10.2. The van der Waals surface area contributed by atoms with Crippen molar-refractivity contribution in [3.8, 4) is 0 Å². The van der Waals surface area contributed by atoms with Gasteiger partial charge < -0.3 is 9.47 Å². The number of halogens is 1. The van der Waals surface area contributed by atoms with Crippen molar-refractivity contribution < 1.29 is 9.47 Å². The molecule has 0 amide bonds. The van der Waals surface area contributed by atoms with E-state index >= 15 is 0 Å². The lowest BCUT2D eigenvalue weighted by Gasteiger charge is -2.24. The first-order chi connectivity index (χ1) is 7.74. The van der Waals surface area contributed by atoms with Crippen molar-refractivity contribution >= 4 is 11.6 Å². The molecular weight excluding hydrogens is 224 g/mol. The van der Waals surface area contributed by atoms with E-state index in [0.29, 0.717) is 12.7 Å². The van der Waals surface area contributed by atoms with Crippen LogP contribution in [0.3, 0.4) is 0 Å². The van der Waals surface area contributed by atoms with Gasteiger partial charge in [-0.05, 0) is 38.5 Å². The summed E-state index contributed by atoms with van der Waals surface area (Å²) in [7, 11) is 1.70. The van der Waals surface area contributed by atoms with E-state index in [2.05, 4.69) is 0 Å². The Morgan fingerprint density at radius 1 is 1.38 bits per heavy atom. The summed E-state index contributed by atoms with van der Waals surface area (Å²) in [5, 5.41) is 0.147. The van der Waals surface area contributed by atoms with E-state index in [1.54, 1.807) is 7.11 Å². The van der Waals surface area contributed by atoms with Crippen LogP contribution in [0, 0.1) is 0 Å². The van der Waals surface area contributed by atoms with Crippen molar-refractivity contribution in [2.45, 2.75) is 68.4 Å². The second-order valence-electron chi connectivity index (χ2n) is 5.30. The molecule has 2 nitrogen and oxygen atoms in total. The molecule has 2 rings (SSSR count). The fourth-order valence-electron chi connectivity index (χ4n) is 3.12. The van der Waals surface area contributed by atoms with Crippen molar-refractivity contribution in [1.29, 1.82) is 0 Å². The van der Waals surface area contributed by atoms with Gasteiger partial charge in [-0.25, -0.2) is 0 Å². The standard InChI is InChI=1S/C13H23ClO2/c1-15-10-11(14)4-5-12-6-9-13(16-12)7-2-3-8-13/h11-12H,2-10H2,1H3. The molecular formula is C13H23ClO2. The van der Waals surface area contributed by atoms with Crippen molar-refractivity contribution in [3.63, 3.8) is 0 Å². The third-order valence-corrected chi connectivity index (χ3v) is 4.35. The number of hydrogen-bond acceptors (Lipinski definition) is 2. The molecule has 2 atom stereocenters. The van der Waals surface area contributed by atoms with Gasteiger partial charge in [-0.3, -0.25) is 0 Å². The molecule has 16 heavy (non-hydrogen) atoms. The Morgan fingerprint density at radius 2 is 2.12 bits per heavy atom. The van der Waals surface area contributed by atoms with Crippen LogP contribution in [-0.4, -0.2) is 30.8 Å². The van der Waals surface area contributed by atoms with E-state index in [0.717, 1.165) is 12.8 Å². The summed E-state index contributed by atoms with van der Waals surface area (Å²) >= 11 is 6.13. The van der Waals surface area contributed by atoms with Crippen LogP contribution in [0.1, 0.15) is 51.4 Å². The lowest BCUT2D eigenvalue weighted by atomic mass is 9.98. The van der Waals surface area contributed by atoms with E-state index in [9.17, 15) is 0 Å². The highest BCUT2D eigenvalue weighted by Crippen LogP contribution is 2.44. The van der Waals surface area contributed by atoms with Gasteiger partial charge in [0.15, 0.2) is 0 Å². The Labute approximate surface area is 104 Å². The van der Waals surface area contributed by atoms with Crippen LogP contribution in [0.5, 0.6) is 0 Å². The Bertz CT molecular complexity index is 214. The molecule has 2 aliphatic rings. The lowest BCUT2D eigenvalue weighted by molar-refractivity contribution is -0.0397. The van der Waals surface area contributed by atoms with Gasteiger partial charge in [0.25, 0.3) is 0 Å². The van der Waals surface area contributed by atoms with Crippen LogP contribution in [0.2, 0.25) is 0 Å². The minimum absolute atomic E-state index is 0.147. The highest BCUT2D eigenvalue weighted by Gasteiger charge is 2.41. The molecule has 1 aliphatic heterocycles. The molecule has 94 valence electrons. The maximum atomic E-state index is 6.24. The molecule has 2 fully saturated rings. The van der Waals surface area contributed by atoms with Gasteiger partial charge in [-0.15, -0.1) is 11.6 Å². The molecule has 1 spiro atoms. The highest BCUT2D eigenvalue weighted by molar-refractivity contribution is 6.20. The second-order valence-corrected chi connectivity index (χ2v) is 5.92. The van der Waals surface area contributed by atoms with Crippen molar-refractivity contribution in [1.82, 2.24) is 0 Å². The zero-order valence-corrected chi connectivity index (χ0v) is 11.0. The number of rotatable bonds is 5. The Balaban J connectivity index is 1.68. The summed E-state index contributed by atoms with van der Waals surface area (Å²) in [5.74, 6) is 0. The molecule has 0 bridgehead atoms. The lowest BCUT2D eigenvalue weighted by Crippen LogP contribution is -2.25. The first kappa shape index (κ1) is 12.7. The van der Waals surface area contributed by atoms with Crippen LogP contribution in [-0.2, 0) is 9.47 Å². The molecule has 3 heteroatoms. The number of alkyl halides is 1. The number of ether oxygens (including phenoxy) is 2. The van der Waals surface area contributed by atoms with Gasteiger partial charge in [-0.2, -0.15) is 0 Å². The maximum Gasteiger partial charge on any atom is 0.0687 e. The topological polar surface area (TPSA) is 18.5 Å². The monoisotopic (exact) mass is 246 g/mol. The fourth-order valence-corrected chi connectivity index (χ4v) is 3.37. The molecule has 1 aliphatic carbocycles. The smallest absolute Gasteiger partial charge is 0.0687 e. The van der Waals surface area contributed by atoms with Gasteiger partial charge in [0.2, 0.25) is 0 Å². The van der Waals surface area contributed by atoms with E-state index in [-0.39, 0.29) is 11.0 Å². The molecule has 0 radical (unpaired) electrons. The zero-order chi connectivity index (χ0) is 11.4. The fraction of sp³-hybridized carbons (Fsp3) is 1.00. The van der Waals surface area contributed by atoms with E-state index in [4.69, 9.17) is 21.1 Å². The summed E-state index contributed by atoms with van der Waals surface area (Å²) in [4.78, 5) is 0. The molecule has 0 N–H and O–H groups in total. The van der Waals surface area contributed by atoms with E-state index in [1.807, 2.05) is 0 Å². The largest absolute Gasteiger partial charge is 0.383 e. The normalized spacial score (nSPS) is 30.0. The average molecular weight is 247 g/mol.